The fourth-order valence-corrected chi connectivity index (χ4v) is 3.10. The molecule has 0 aromatic heterocycles. The first-order valence-corrected chi connectivity index (χ1v) is 10.2. The molecule has 0 fully saturated rings. The number of non-ortho nitro benzene ring substituents is 1. The van der Waals surface area contributed by atoms with Crippen molar-refractivity contribution in [3.8, 4) is 11.5 Å². The van der Waals surface area contributed by atoms with Crippen molar-refractivity contribution >= 4 is 23.0 Å². The van der Waals surface area contributed by atoms with Gasteiger partial charge >= 0.3 is 5.97 Å². The Morgan fingerprint density at radius 2 is 1.39 bits per heavy atom. The van der Waals surface area contributed by atoms with Crippen molar-refractivity contribution in [1.29, 1.82) is 0 Å². The van der Waals surface area contributed by atoms with E-state index in [2.05, 4.69) is 5.32 Å². The third-order valence-corrected chi connectivity index (χ3v) is 4.78. The van der Waals surface area contributed by atoms with E-state index in [1.54, 1.807) is 36.4 Å². The van der Waals surface area contributed by atoms with Crippen LogP contribution in [0.15, 0.2) is 103 Å². The number of carbonyl (C=O) groups is 1. The number of nitrogens with one attached hydrogen (secondary N) is 1. The molecule has 1 N–H and O–H groups in total. The first kappa shape index (κ1) is 21.6. The van der Waals surface area contributed by atoms with Crippen molar-refractivity contribution in [1.82, 2.24) is 0 Å². The largest absolute Gasteiger partial charge is 0.457 e. The van der Waals surface area contributed by atoms with Crippen LogP contribution in [-0.4, -0.2) is 10.9 Å². The van der Waals surface area contributed by atoms with Gasteiger partial charge in [0.25, 0.3) is 5.69 Å². The highest BCUT2D eigenvalue weighted by Crippen LogP contribution is 2.25. The smallest absolute Gasteiger partial charge is 0.340 e. The highest BCUT2D eigenvalue weighted by atomic mass is 16.6. The predicted octanol–water partition coefficient (Wildman–Crippen LogP) is 6.49. The molecular formula is C26H20N2O5. The van der Waals surface area contributed by atoms with E-state index in [1.165, 1.54) is 24.3 Å². The molecule has 0 amide bonds. The molecular weight excluding hydrogens is 420 g/mol. The zero-order valence-corrected chi connectivity index (χ0v) is 17.5. The minimum Gasteiger partial charge on any atom is -0.457 e. The van der Waals surface area contributed by atoms with Crippen LogP contribution in [0.1, 0.15) is 15.9 Å². The minimum absolute atomic E-state index is 0.0000517. The molecule has 0 bridgehead atoms. The number of nitro groups is 1. The van der Waals surface area contributed by atoms with Crippen LogP contribution >= 0.6 is 0 Å². The Bertz CT molecular complexity index is 1240. The van der Waals surface area contributed by atoms with Gasteiger partial charge in [-0.25, -0.2) is 4.79 Å². The summed E-state index contributed by atoms with van der Waals surface area (Å²) in [7, 11) is 0. The van der Waals surface area contributed by atoms with Gasteiger partial charge in [0.15, 0.2) is 0 Å². The van der Waals surface area contributed by atoms with Crippen LogP contribution in [-0.2, 0) is 11.3 Å². The standard InChI is InChI=1S/C26H20N2O5/c29-26(24-8-4-5-9-25(24)27-20-6-2-1-3-7-20)32-18-19-10-14-22(15-11-19)33-23-16-12-21(13-17-23)28(30)31/h1-17,27H,18H2. The number of nitro benzene ring substituents is 1. The van der Waals surface area contributed by atoms with Crippen LogP contribution in [0, 0.1) is 10.1 Å². The van der Waals surface area contributed by atoms with Gasteiger partial charge in [0.05, 0.1) is 16.2 Å². The highest BCUT2D eigenvalue weighted by Gasteiger charge is 2.13. The monoisotopic (exact) mass is 440 g/mol. The maximum atomic E-state index is 12.7. The maximum Gasteiger partial charge on any atom is 0.340 e. The quantitative estimate of drug-likeness (QED) is 0.191. The molecule has 0 unspecified atom stereocenters. The summed E-state index contributed by atoms with van der Waals surface area (Å²) >= 11 is 0. The van der Waals surface area contributed by atoms with E-state index in [0.717, 1.165) is 11.3 Å². The average Bonchev–Trinajstić information content (AvgIpc) is 2.85. The van der Waals surface area contributed by atoms with Crippen molar-refractivity contribution in [3.63, 3.8) is 0 Å². The van der Waals surface area contributed by atoms with E-state index in [4.69, 9.17) is 9.47 Å². The summed E-state index contributed by atoms with van der Waals surface area (Å²) in [6, 6.07) is 29.7. The third-order valence-electron chi connectivity index (χ3n) is 4.78. The second-order valence-corrected chi connectivity index (χ2v) is 7.11. The molecule has 0 atom stereocenters. The summed E-state index contributed by atoms with van der Waals surface area (Å²) < 4.78 is 11.2. The Hall–Kier alpha value is -4.65. The van der Waals surface area contributed by atoms with Crippen molar-refractivity contribution in [2.75, 3.05) is 5.32 Å². The van der Waals surface area contributed by atoms with E-state index < -0.39 is 10.9 Å². The molecule has 0 aliphatic rings. The van der Waals surface area contributed by atoms with Gasteiger partial charge in [0.2, 0.25) is 0 Å². The molecule has 164 valence electrons. The minimum atomic E-state index is -0.462. The van der Waals surface area contributed by atoms with Crippen molar-refractivity contribution in [2.24, 2.45) is 0 Å². The number of nitrogens with zero attached hydrogens (tertiary/aromatic N) is 1. The number of para-hydroxylation sites is 2. The molecule has 4 aromatic rings. The third kappa shape index (κ3) is 5.74. The van der Waals surface area contributed by atoms with Crippen molar-refractivity contribution in [2.45, 2.75) is 6.61 Å². The van der Waals surface area contributed by atoms with Crippen LogP contribution < -0.4 is 10.1 Å². The van der Waals surface area contributed by atoms with Gasteiger partial charge in [0.1, 0.15) is 18.1 Å². The molecule has 7 heteroatoms. The lowest BCUT2D eigenvalue weighted by Gasteiger charge is -2.12. The predicted molar refractivity (Wildman–Crippen MR) is 125 cm³/mol. The van der Waals surface area contributed by atoms with Crippen LogP contribution in [0.5, 0.6) is 11.5 Å². The summed E-state index contributed by atoms with van der Waals surface area (Å²) in [5.74, 6) is 0.624. The molecule has 0 saturated heterocycles. The Morgan fingerprint density at radius 1 is 0.788 bits per heavy atom. The Balaban J connectivity index is 1.36. The topological polar surface area (TPSA) is 90.7 Å². The van der Waals surface area contributed by atoms with Gasteiger partial charge < -0.3 is 14.8 Å². The van der Waals surface area contributed by atoms with Gasteiger partial charge in [-0.1, -0.05) is 42.5 Å². The molecule has 4 aromatic carbocycles. The fraction of sp³-hybridized carbons (Fsp3) is 0.0385. The lowest BCUT2D eigenvalue weighted by molar-refractivity contribution is -0.384. The zero-order valence-electron chi connectivity index (χ0n) is 17.5. The fourth-order valence-electron chi connectivity index (χ4n) is 3.10. The molecule has 0 aliphatic heterocycles. The number of benzene rings is 4. The molecule has 0 radical (unpaired) electrons. The number of anilines is 2. The lowest BCUT2D eigenvalue weighted by atomic mass is 10.1. The summed E-state index contributed by atoms with van der Waals surface area (Å²) in [5.41, 5.74) is 2.79. The molecule has 0 saturated carbocycles. The molecule has 0 heterocycles. The Labute approximate surface area is 190 Å². The number of rotatable bonds is 8. The zero-order chi connectivity index (χ0) is 23.0. The first-order chi connectivity index (χ1) is 16.1. The molecule has 33 heavy (non-hydrogen) atoms. The average molecular weight is 440 g/mol. The van der Waals surface area contributed by atoms with E-state index in [-0.39, 0.29) is 12.3 Å². The van der Waals surface area contributed by atoms with E-state index in [9.17, 15) is 14.9 Å². The number of ether oxygens (including phenoxy) is 2. The summed E-state index contributed by atoms with van der Waals surface area (Å²) in [6.07, 6.45) is 0. The van der Waals surface area contributed by atoms with E-state index >= 15 is 0 Å². The Kier molecular flexibility index (Phi) is 6.61. The molecule has 4 rings (SSSR count). The van der Waals surface area contributed by atoms with Gasteiger partial charge in [-0.05, 0) is 54.1 Å². The van der Waals surface area contributed by atoms with Crippen LogP contribution in [0.3, 0.4) is 0 Å². The van der Waals surface area contributed by atoms with Gasteiger partial charge in [-0.15, -0.1) is 0 Å². The second-order valence-electron chi connectivity index (χ2n) is 7.11. The summed E-state index contributed by atoms with van der Waals surface area (Å²) in [6.45, 7) is 0.107. The molecule has 7 nitrogen and oxygen atoms in total. The summed E-state index contributed by atoms with van der Waals surface area (Å²) in [5, 5.41) is 14.0. The maximum absolute atomic E-state index is 12.7. The first-order valence-electron chi connectivity index (χ1n) is 10.2. The normalized spacial score (nSPS) is 10.3. The van der Waals surface area contributed by atoms with Crippen LogP contribution in [0.4, 0.5) is 17.1 Å². The number of hydrogen-bond acceptors (Lipinski definition) is 6. The van der Waals surface area contributed by atoms with Crippen molar-refractivity contribution < 1.29 is 19.2 Å². The van der Waals surface area contributed by atoms with Gasteiger partial charge in [0, 0.05) is 17.8 Å². The van der Waals surface area contributed by atoms with E-state index in [1.807, 2.05) is 42.5 Å². The van der Waals surface area contributed by atoms with Crippen LogP contribution in [0.2, 0.25) is 0 Å². The SMILES string of the molecule is O=C(OCc1ccc(Oc2ccc([N+](=O)[O-])cc2)cc1)c1ccccc1Nc1ccccc1. The van der Waals surface area contributed by atoms with Crippen molar-refractivity contribution in [3.05, 3.63) is 124 Å². The molecule has 0 aliphatic carbocycles. The van der Waals surface area contributed by atoms with Crippen LogP contribution in [0.25, 0.3) is 0 Å². The van der Waals surface area contributed by atoms with Gasteiger partial charge in [-0.3, -0.25) is 10.1 Å². The lowest BCUT2D eigenvalue weighted by Crippen LogP contribution is -2.08. The van der Waals surface area contributed by atoms with E-state index in [0.29, 0.717) is 22.7 Å². The Morgan fingerprint density at radius 3 is 2.06 bits per heavy atom. The summed E-state index contributed by atoms with van der Waals surface area (Å²) in [4.78, 5) is 22.9. The second kappa shape index (κ2) is 10.1. The highest BCUT2D eigenvalue weighted by molar-refractivity contribution is 5.96. The number of hydrogen-bond donors (Lipinski definition) is 1. The van der Waals surface area contributed by atoms with Gasteiger partial charge in [-0.2, -0.15) is 0 Å². The number of esters is 1. The number of carbonyl (C=O) groups excluding carboxylic acids is 1. The molecule has 0 spiro atoms.